The van der Waals surface area contributed by atoms with Gasteiger partial charge in [-0.2, -0.15) is 0 Å². The van der Waals surface area contributed by atoms with Gasteiger partial charge in [0.05, 0.1) is 17.2 Å². The molecule has 0 saturated carbocycles. The molecule has 4 rings (SSSR count). The van der Waals surface area contributed by atoms with E-state index >= 15 is 0 Å². The molecule has 0 radical (unpaired) electrons. The van der Waals surface area contributed by atoms with Crippen LogP contribution in [0.4, 0.5) is 11.4 Å². The third kappa shape index (κ3) is 3.73. The van der Waals surface area contributed by atoms with E-state index in [-0.39, 0.29) is 11.8 Å². The summed E-state index contributed by atoms with van der Waals surface area (Å²) in [6, 6.07) is 15.5. The van der Waals surface area contributed by atoms with Crippen LogP contribution in [0.3, 0.4) is 0 Å². The highest BCUT2D eigenvalue weighted by Gasteiger charge is 2.33. The molecule has 0 aliphatic carbocycles. The van der Waals surface area contributed by atoms with Gasteiger partial charge >= 0.3 is 0 Å². The van der Waals surface area contributed by atoms with E-state index in [9.17, 15) is 9.59 Å². The van der Waals surface area contributed by atoms with E-state index in [1.54, 1.807) is 12.1 Å². The fraction of sp³-hybridized carbons (Fsp3) is 0.364. The first-order valence-electron chi connectivity index (χ1n) is 9.89. The van der Waals surface area contributed by atoms with E-state index in [1.165, 1.54) is 5.69 Å². The molecule has 2 aliphatic heterocycles. The van der Waals surface area contributed by atoms with Crippen LogP contribution in [-0.2, 0) is 0 Å². The van der Waals surface area contributed by atoms with E-state index < -0.39 is 5.91 Å². The molecular weight excluding hydrogens is 352 g/mol. The van der Waals surface area contributed by atoms with E-state index in [2.05, 4.69) is 39.4 Å². The van der Waals surface area contributed by atoms with E-state index in [4.69, 9.17) is 5.73 Å². The number of hydrogen-bond donors (Lipinski definition) is 2. The number of carbonyl (C=O) groups excluding carboxylic acids is 2. The number of nitrogens with two attached hydrogens (primary N) is 1. The molecule has 2 aliphatic rings. The molecule has 1 atom stereocenters. The summed E-state index contributed by atoms with van der Waals surface area (Å²) in [7, 11) is 0. The van der Waals surface area contributed by atoms with Crippen LogP contribution in [0.2, 0.25) is 0 Å². The van der Waals surface area contributed by atoms with Crippen molar-refractivity contribution in [2.24, 2.45) is 5.73 Å². The summed E-state index contributed by atoms with van der Waals surface area (Å²) >= 11 is 0. The number of piperazine rings is 1. The fourth-order valence-electron chi connectivity index (χ4n) is 4.16. The van der Waals surface area contributed by atoms with Crippen LogP contribution in [0.1, 0.15) is 33.6 Å². The van der Waals surface area contributed by atoms with Crippen LogP contribution < -0.4 is 16.0 Å². The summed E-state index contributed by atoms with van der Waals surface area (Å²) in [6.07, 6.45) is 1.69. The second-order valence-corrected chi connectivity index (χ2v) is 7.46. The van der Waals surface area contributed by atoms with Crippen LogP contribution >= 0.6 is 0 Å². The Kier molecular flexibility index (Phi) is 5.30. The summed E-state index contributed by atoms with van der Waals surface area (Å²) in [5, 5.41) is 3.26. The Morgan fingerprint density at radius 3 is 2.50 bits per heavy atom. The zero-order chi connectivity index (χ0) is 19.5. The maximum atomic E-state index is 12.7. The number of primary amides is 1. The molecule has 1 fully saturated rings. The lowest BCUT2D eigenvalue weighted by Crippen LogP contribution is -2.46. The van der Waals surface area contributed by atoms with Gasteiger partial charge in [-0.25, -0.2) is 0 Å². The van der Waals surface area contributed by atoms with Crippen molar-refractivity contribution in [1.29, 1.82) is 0 Å². The maximum Gasteiger partial charge on any atom is 0.249 e. The molecule has 0 aromatic heterocycles. The molecule has 3 N–H and O–H groups in total. The Morgan fingerprint density at radius 2 is 1.79 bits per heavy atom. The number of benzene rings is 2. The van der Waals surface area contributed by atoms with Gasteiger partial charge in [0, 0.05) is 37.6 Å². The Bertz CT molecular complexity index is 860. The average Bonchev–Trinajstić information content (AvgIpc) is 3.05. The number of ketones is 1. The number of fused-ring (bicyclic) bond motifs is 1. The van der Waals surface area contributed by atoms with E-state index in [1.807, 2.05) is 12.1 Å². The van der Waals surface area contributed by atoms with Crippen molar-refractivity contribution in [3.05, 3.63) is 59.7 Å². The highest BCUT2D eigenvalue weighted by molar-refractivity contribution is 6.17. The van der Waals surface area contributed by atoms with E-state index in [0.29, 0.717) is 11.1 Å². The summed E-state index contributed by atoms with van der Waals surface area (Å²) in [6.45, 7) is 5.10. The van der Waals surface area contributed by atoms with Gasteiger partial charge in [0.15, 0.2) is 5.78 Å². The fourth-order valence-corrected chi connectivity index (χ4v) is 4.16. The van der Waals surface area contributed by atoms with Gasteiger partial charge in [0.1, 0.15) is 0 Å². The molecule has 6 heteroatoms. The molecule has 6 nitrogen and oxygen atoms in total. The predicted molar refractivity (Wildman–Crippen MR) is 111 cm³/mol. The van der Waals surface area contributed by atoms with Crippen LogP contribution in [0, 0.1) is 0 Å². The lowest BCUT2D eigenvalue weighted by molar-refractivity contribution is 0.0952. The number of Topliss-reactive ketones (excluding diaryl/α,β-unsaturated/α-hetero) is 1. The smallest absolute Gasteiger partial charge is 0.249 e. The van der Waals surface area contributed by atoms with Gasteiger partial charge in [0.2, 0.25) is 5.91 Å². The average molecular weight is 378 g/mol. The van der Waals surface area contributed by atoms with Crippen molar-refractivity contribution < 1.29 is 9.59 Å². The zero-order valence-corrected chi connectivity index (χ0v) is 15.9. The lowest BCUT2D eigenvalue weighted by atomic mass is 9.99. The first-order chi connectivity index (χ1) is 13.6. The van der Waals surface area contributed by atoms with Crippen molar-refractivity contribution >= 4 is 23.1 Å². The lowest BCUT2D eigenvalue weighted by Gasteiger charge is -2.36. The number of amides is 1. The van der Waals surface area contributed by atoms with Gasteiger partial charge in [0.25, 0.3) is 0 Å². The summed E-state index contributed by atoms with van der Waals surface area (Å²) < 4.78 is 0. The van der Waals surface area contributed by atoms with Crippen molar-refractivity contribution in [2.45, 2.75) is 18.9 Å². The number of carbonyl (C=O) groups is 2. The molecular formula is C22H26N4O2. The highest BCUT2D eigenvalue weighted by Crippen LogP contribution is 2.30. The maximum absolute atomic E-state index is 12.7. The molecule has 28 heavy (non-hydrogen) atoms. The third-order valence-corrected chi connectivity index (χ3v) is 5.68. The first-order valence-corrected chi connectivity index (χ1v) is 9.89. The van der Waals surface area contributed by atoms with Crippen LogP contribution in [0.5, 0.6) is 0 Å². The molecule has 1 amide bonds. The minimum atomic E-state index is -0.552. The van der Waals surface area contributed by atoms with Gasteiger partial charge in [-0.3, -0.25) is 14.5 Å². The van der Waals surface area contributed by atoms with Gasteiger partial charge in [-0.1, -0.05) is 24.3 Å². The van der Waals surface area contributed by atoms with Gasteiger partial charge in [-0.15, -0.1) is 0 Å². The summed E-state index contributed by atoms with van der Waals surface area (Å²) in [5.74, 6) is -0.567. The van der Waals surface area contributed by atoms with Crippen molar-refractivity contribution in [3.8, 4) is 0 Å². The second-order valence-electron chi connectivity index (χ2n) is 7.46. The topological polar surface area (TPSA) is 78.7 Å². The number of rotatable bonds is 6. The van der Waals surface area contributed by atoms with Crippen molar-refractivity contribution in [1.82, 2.24) is 4.90 Å². The summed E-state index contributed by atoms with van der Waals surface area (Å²) in [5.41, 5.74) is 8.19. The molecule has 146 valence electrons. The SMILES string of the molecule is NC(=O)c1cccc2c1C(=O)C(CCCN1CCN(c3ccccc3)CC1)N2. The Hall–Kier alpha value is -2.86. The standard InChI is InChI=1S/C22H26N4O2/c23-22(28)17-8-4-9-18-20(17)21(27)19(24-18)10-5-11-25-12-14-26(15-13-25)16-6-2-1-3-7-16/h1-4,6-9,19,24H,5,10-15H2,(H2,23,28). The highest BCUT2D eigenvalue weighted by atomic mass is 16.1. The Balaban J connectivity index is 1.26. The third-order valence-electron chi connectivity index (χ3n) is 5.68. The van der Waals surface area contributed by atoms with Crippen LogP contribution in [-0.4, -0.2) is 55.4 Å². The van der Waals surface area contributed by atoms with Crippen molar-refractivity contribution in [2.75, 3.05) is 42.9 Å². The number of para-hydroxylation sites is 1. The van der Waals surface area contributed by atoms with Crippen LogP contribution in [0.25, 0.3) is 0 Å². The quantitative estimate of drug-likeness (QED) is 0.807. The number of nitrogens with zero attached hydrogens (tertiary/aromatic N) is 2. The molecule has 2 aromatic carbocycles. The number of anilines is 2. The summed E-state index contributed by atoms with van der Waals surface area (Å²) in [4.78, 5) is 29.2. The number of nitrogens with one attached hydrogen (secondary N) is 1. The minimum Gasteiger partial charge on any atom is -0.374 e. The molecule has 2 heterocycles. The van der Waals surface area contributed by atoms with Crippen LogP contribution in [0.15, 0.2) is 48.5 Å². The first kappa shape index (κ1) is 18.5. The van der Waals surface area contributed by atoms with Crippen molar-refractivity contribution in [3.63, 3.8) is 0 Å². The largest absolute Gasteiger partial charge is 0.374 e. The number of hydrogen-bond acceptors (Lipinski definition) is 5. The molecule has 1 saturated heterocycles. The monoisotopic (exact) mass is 378 g/mol. The Labute approximate surface area is 165 Å². The van der Waals surface area contributed by atoms with E-state index in [0.717, 1.165) is 51.3 Å². The Morgan fingerprint density at radius 1 is 1.04 bits per heavy atom. The minimum absolute atomic E-state index is 0.0155. The van der Waals surface area contributed by atoms with Gasteiger partial charge < -0.3 is 16.0 Å². The molecule has 0 spiro atoms. The predicted octanol–water partition coefficient (Wildman–Crippen LogP) is 2.36. The molecule has 2 aromatic rings. The molecule has 0 bridgehead atoms. The zero-order valence-electron chi connectivity index (χ0n) is 15.9. The second kappa shape index (κ2) is 8.02. The normalized spacial score (nSPS) is 19.4. The molecule has 1 unspecified atom stereocenters. The van der Waals surface area contributed by atoms with Gasteiger partial charge in [-0.05, 0) is 43.7 Å².